The number of urea groups is 1. The number of amides is 2. The first-order valence-electron chi connectivity index (χ1n) is 3.46. The highest BCUT2D eigenvalue weighted by atomic mass is 35.5. The Hall–Kier alpha value is -0.680. The predicted octanol–water partition coefficient (Wildman–Crippen LogP) is 2.64. The molecule has 0 aliphatic heterocycles. The van der Waals surface area contributed by atoms with Crippen LogP contribution in [0.2, 0.25) is 15.1 Å². The molecule has 4 N–H and O–H groups in total. The third kappa shape index (κ3) is 2.65. The lowest BCUT2D eigenvalue weighted by Crippen LogP contribution is -2.34. The number of carbonyl (C=O) groups excluding carboxylic acids is 1. The smallest absolute Gasteiger partial charge is 0.307 e. The van der Waals surface area contributed by atoms with E-state index in [2.05, 4.69) is 5.32 Å². The van der Waals surface area contributed by atoms with E-state index in [-0.39, 0.29) is 15.1 Å². The summed E-state index contributed by atoms with van der Waals surface area (Å²) < 4.78 is 0. The van der Waals surface area contributed by atoms with Crippen LogP contribution in [0.25, 0.3) is 0 Å². The predicted molar refractivity (Wildman–Crippen MR) is 57.8 cm³/mol. The van der Waals surface area contributed by atoms with Gasteiger partial charge in [-0.1, -0.05) is 34.8 Å². The molecule has 0 bridgehead atoms. The first-order valence-corrected chi connectivity index (χ1v) is 4.60. The number of benzene rings is 1. The number of halogens is 3. The van der Waals surface area contributed by atoms with Gasteiger partial charge in [-0.25, -0.2) is 10.6 Å². The van der Waals surface area contributed by atoms with Crippen LogP contribution in [0.1, 0.15) is 0 Å². The van der Waals surface area contributed by atoms with E-state index in [1.165, 1.54) is 12.1 Å². The maximum atomic E-state index is 10.8. The highest BCUT2D eigenvalue weighted by molar-refractivity contribution is 6.48. The van der Waals surface area contributed by atoms with Gasteiger partial charge >= 0.3 is 6.03 Å². The Morgan fingerprint density at radius 3 is 2.14 bits per heavy atom. The van der Waals surface area contributed by atoms with Gasteiger partial charge in [0.2, 0.25) is 0 Å². The van der Waals surface area contributed by atoms with Gasteiger partial charge in [0.15, 0.2) is 0 Å². The van der Waals surface area contributed by atoms with E-state index >= 15 is 0 Å². The second-order valence-corrected chi connectivity index (χ2v) is 3.54. The molecule has 0 unspecified atom stereocenters. The van der Waals surface area contributed by atoms with Crippen LogP contribution in [0.5, 0.6) is 0 Å². The minimum Gasteiger partial charge on any atom is -0.307 e. The van der Waals surface area contributed by atoms with Crippen LogP contribution in [-0.2, 0) is 0 Å². The van der Waals surface area contributed by atoms with Crippen molar-refractivity contribution in [2.45, 2.75) is 0 Å². The van der Waals surface area contributed by atoms with E-state index in [4.69, 9.17) is 40.6 Å². The largest absolute Gasteiger partial charge is 0.333 e. The van der Waals surface area contributed by atoms with Crippen molar-refractivity contribution in [3.63, 3.8) is 0 Å². The van der Waals surface area contributed by atoms with Crippen LogP contribution in [-0.4, -0.2) is 6.03 Å². The Bertz CT molecular complexity index is 346. The van der Waals surface area contributed by atoms with Crippen molar-refractivity contribution in [2.24, 2.45) is 5.84 Å². The van der Waals surface area contributed by atoms with Crippen molar-refractivity contribution < 1.29 is 4.79 Å². The van der Waals surface area contributed by atoms with Gasteiger partial charge < -0.3 is 5.32 Å². The van der Waals surface area contributed by atoms with Crippen molar-refractivity contribution >= 4 is 46.5 Å². The summed E-state index contributed by atoms with van der Waals surface area (Å²) in [5.74, 6) is 4.87. The van der Waals surface area contributed by atoms with Gasteiger partial charge in [0.1, 0.15) is 0 Å². The number of carbonyl (C=O) groups is 1. The molecule has 0 aromatic heterocycles. The quantitative estimate of drug-likeness (QED) is 0.312. The summed E-state index contributed by atoms with van der Waals surface area (Å²) in [6.45, 7) is 0. The van der Waals surface area contributed by atoms with E-state index in [9.17, 15) is 4.79 Å². The minimum atomic E-state index is -0.570. The van der Waals surface area contributed by atoms with Crippen LogP contribution in [0.15, 0.2) is 12.1 Å². The summed E-state index contributed by atoms with van der Waals surface area (Å²) in [5, 5.41) is 3.15. The fourth-order valence-corrected chi connectivity index (χ4v) is 1.39. The third-order valence-corrected chi connectivity index (χ3v) is 2.57. The molecule has 76 valence electrons. The molecule has 14 heavy (non-hydrogen) atoms. The highest BCUT2D eigenvalue weighted by Gasteiger charge is 2.07. The molecule has 0 atom stereocenters. The summed E-state index contributed by atoms with van der Waals surface area (Å²) in [6.07, 6.45) is 0. The second kappa shape index (κ2) is 4.70. The van der Waals surface area contributed by atoms with Crippen LogP contribution >= 0.6 is 34.8 Å². The SMILES string of the molecule is NNC(=O)Nc1cc(Cl)c(Cl)c(Cl)c1. The van der Waals surface area contributed by atoms with Gasteiger partial charge in [-0.2, -0.15) is 0 Å². The first-order chi connectivity index (χ1) is 6.54. The second-order valence-electron chi connectivity index (χ2n) is 2.35. The zero-order chi connectivity index (χ0) is 10.7. The van der Waals surface area contributed by atoms with Gasteiger partial charge in [0, 0.05) is 5.69 Å². The summed E-state index contributed by atoms with van der Waals surface area (Å²) in [6, 6.07) is 2.36. The molecule has 1 rings (SSSR count). The Morgan fingerprint density at radius 2 is 1.71 bits per heavy atom. The van der Waals surface area contributed by atoms with Crippen molar-refractivity contribution in [1.29, 1.82) is 0 Å². The zero-order valence-corrected chi connectivity index (χ0v) is 9.04. The van der Waals surface area contributed by atoms with E-state index in [0.717, 1.165) is 0 Å². The van der Waals surface area contributed by atoms with Crippen molar-refractivity contribution in [3.05, 3.63) is 27.2 Å². The molecule has 2 amide bonds. The molecule has 0 radical (unpaired) electrons. The molecule has 0 heterocycles. The molecule has 0 spiro atoms. The molecule has 0 aliphatic carbocycles. The van der Waals surface area contributed by atoms with Gasteiger partial charge in [-0.05, 0) is 12.1 Å². The molecular formula is C7H6Cl3N3O. The molecule has 0 saturated carbocycles. The number of anilines is 1. The summed E-state index contributed by atoms with van der Waals surface area (Å²) in [5.41, 5.74) is 2.31. The number of hydrazine groups is 1. The van der Waals surface area contributed by atoms with Crippen molar-refractivity contribution in [3.8, 4) is 0 Å². The number of nitrogens with two attached hydrogens (primary N) is 1. The van der Waals surface area contributed by atoms with Crippen LogP contribution in [0, 0.1) is 0 Å². The molecular weight excluding hydrogens is 248 g/mol. The lowest BCUT2D eigenvalue weighted by molar-refractivity contribution is 0.252. The number of nitrogens with one attached hydrogen (secondary N) is 2. The average Bonchev–Trinajstić information content (AvgIpc) is 2.14. The van der Waals surface area contributed by atoms with E-state index in [1.807, 2.05) is 5.43 Å². The molecule has 7 heteroatoms. The Morgan fingerprint density at radius 1 is 1.21 bits per heavy atom. The van der Waals surface area contributed by atoms with Crippen LogP contribution in [0.4, 0.5) is 10.5 Å². The molecule has 0 saturated heterocycles. The van der Waals surface area contributed by atoms with Gasteiger partial charge in [0.25, 0.3) is 0 Å². The molecule has 4 nitrogen and oxygen atoms in total. The monoisotopic (exact) mass is 253 g/mol. The topological polar surface area (TPSA) is 67.1 Å². The molecule has 1 aromatic carbocycles. The summed E-state index contributed by atoms with van der Waals surface area (Å²) in [4.78, 5) is 10.8. The van der Waals surface area contributed by atoms with Crippen molar-refractivity contribution in [1.82, 2.24) is 5.43 Å². The number of rotatable bonds is 1. The Balaban J connectivity index is 2.95. The molecule has 0 fully saturated rings. The number of hydrogen-bond donors (Lipinski definition) is 3. The maximum Gasteiger partial charge on any atom is 0.333 e. The zero-order valence-electron chi connectivity index (χ0n) is 6.77. The van der Waals surface area contributed by atoms with Gasteiger partial charge in [-0.3, -0.25) is 5.43 Å². The van der Waals surface area contributed by atoms with E-state index in [0.29, 0.717) is 5.69 Å². The molecule has 0 aliphatic rings. The normalized spacial score (nSPS) is 9.71. The Kier molecular flexibility index (Phi) is 3.83. The minimum absolute atomic E-state index is 0.243. The van der Waals surface area contributed by atoms with Crippen LogP contribution in [0.3, 0.4) is 0 Å². The number of hydrogen-bond acceptors (Lipinski definition) is 2. The summed E-state index contributed by atoms with van der Waals surface area (Å²) >= 11 is 17.2. The standard InChI is InChI=1S/C7H6Cl3N3O/c8-4-1-3(12-7(14)13-11)2-5(9)6(4)10/h1-2H,11H2,(H2,12,13,14). The van der Waals surface area contributed by atoms with Crippen LogP contribution < -0.4 is 16.6 Å². The fraction of sp³-hybridized carbons (Fsp3) is 0. The molecule has 1 aromatic rings. The Labute approximate surface area is 95.3 Å². The van der Waals surface area contributed by atoms with Gasteiger partial charge in [-0.15, -0.1) is 0 Å². The average molecular weight is 255 g/mol. The lowest BCUT2D eigenvalue weighted by Gasteiger charge is -2.06. The third-order valence-electron chi connectivity index (χ3n) is 1.37. The van der Waals surface area contributed by atoms with Gasteiger partial charge in [0.05, 0.1) is 15.1 Å². The summed E-state index contributed by atoms with van der Waals surface area (Å²) in [7, 11) is 0. The maximum absolute atomic E-state index is 10.8. The van der Waals surface area contributed by atoms with E-state index < -0.39 is 6.03 Å². The highest BCUT2D eigenvalue weighted by Crippen LogP contribution is 2.32. The van der Waals surface area contributed by atoms with Crippen molar-refractivity contribution in [2.75, 3.05) is 5.32 Å². The first kappa shape index (κ1) is 11.4. The lowest BCUT2D eigenvalue weighted by atomic mass is 10.3. The fourth-order valence-electron chi connectivity index (χ4n) is 0.795. The van der Waals surface area contributed by atoms with E-state index in [1.54, 1.807) is 0 Å².